The Morgan fingerprint density at radius 3 is 2.31 bits per heavy atom. The highest BCUT2D eigenvalue weighted by atomic mass is 19.4. The Morgan fingerprint density at radius 2 is 1.81 bits per heavy atom. The monoisotopic (exact) mass is 227 g/mol. The van der Waals surface area contributed by atoms with Gasteiger partial charge in [0.05, 0.1) is 12.5 Å². The van der Waals surface area contributed by atoms with Crippen LogP contribution in [-0.2, 0) is 0 Å². The second-order valence-corrected chi connectivity index (χ2v) is 4.10. The number of halogens is 3. The molecule has 0 spiro atoms. The van der Waals surface area contributed by atoms with E-state index in [1.165, 1.54) is 0 Å². The van der Waals surface area contributed by atoms with Crippen LogP contribution < -0.4 is 0 Å². The Hall–Kier alpha value is -1.32. The van der Waals surface area contributed by atoms with E-state index in [-0.39, 0.29) is 13.0 Å². The predicted molar refractivity (Wildman–Crippen MR) is 56.7 cm³/mol. The summed E-state index contributed by atoms with van der Waals surface area (Å²) in [5.74, 6) is -1.30. The van der Waals surface area contributed by atoms with Crippen molar-refractivity contribution in [1.29, 1.82) is 0 Å². The molecule has 0 N–H and O–H groups in total. The molecule has 2 rings (SSSR count). The Balaban J connectivity index is 2.12. The lowest BCUT2D eigenvalue weighted by Gasteiger charge is -2.12. The van der Waals surface area contributed by atoms with Gasteiger partial charge in [-0.3, -0.25) is 4.99 Å². The zero-order valence-electron chi connectivity index (χ0n) is 8.88. The molecule has 16 heavy (non-hydrogen) atoms. The molecular weight excluding hydrogens is 215 g/mol. The second kappa shape index (κ2) is 3.92. The van der Waals surface area contributed by atoms with Crippen LogP contribution >= 0.6 is 0 Å². The molecule has 1 atom stereocenters. The number of aliphatic imine (C=N–C) groups is 1. The third-order valence-corrected chi connectivity index (χ3v) is 2.79. The number of benzene rings is 1. The normalized spacial score (nSPS) is 21.0. The fourth-order valence-electron chi connectivity index (χ4n) is 1.76. The average molecular weight is 227 g/mol. The molecule has 0 aromatic heterocycles. The van der Waals surface area contributed by atoms with E-state index < -0.39 is 12.1 Å². The number of rotatable bonds is 1. The summed E-state index contributed by atoms with van der Waals surface area (Å²) in [6.07, 6.45) is -4.12. The largest absolute Gasteiger partial charge is 0.393 e. The molecular formula is C12H12F3N. The molecule has 1 unspecified atom stereocenters. The average Bonchev–Trinajstić information content (AvgIpc) is 2.67. The molecule has 1 aromatic carbocycles. The van der Waals surface area contributed by atoms with Gasteiger partial charge >= 0.3 is 6.18 Å². The van der Waals surface area contributed by atoms with Crippen molar-refractivity contribution in [1.82, 2.24) is 0 Å². The van der Waals surface area contributed by atoms with Gasteiger partial charge in [-0.05, 0) is 12.5 Å². The van der Waals surface area contributed by atoms with Crippen LogP contribution in [0.25, 0.3) is 0 Å². The Morgan fingerprint density at radius 1 is 1.19 bits per heavy atom. The predicted octanol–water partition coefficient (Wildman–Crippen LogP) is 3.37. The summed E-state index contributed by atoms with van der Waals surface area (Å²) in [7, 11) is 0. The summed E-state index contributed by atoms with van der Waals surface area (Å²) in [4.78, 5) is 3.98. The van der Waals surface area contributed by atoms with E-state index in [1.54, 1.807) is 0 Å². The standard InChI is InChI=1S/C12H12F3N/c1-8-2-4-9(5-3-8)11-6-10(7-16-11)12(13,14)15/h2-5,10H,6-7H2,1H3. The zero-order chi connectivity index (χ0) is 11.8. The van der Waals surface area contributed by atoms with Crippen LogP contribution in [0.1, 0.15) is 17.5 Å². The molecule has 0 saturated carbocycles. The number of hydrogen-bond donors (Lipinski definition) is 0. The van der Waals surface area contributed by atoms with Gasteiger partial charge in [-0.15, -0.1) is 0 Å². The lowest BCUT2D eigenvalue weighted by Crippen LogP contribution is -2.23. The number of aryl methyl sites for hydroxylation is 1. The maximum absolute atomic E-state index is 12.4. The third kappa shape index (κ3) is 2.26. The molecule has 1 aliphatic rings. The van der Waals surface area contributed by atoms with Gasteiger partial charge in [0.1, 0.15) is 0 Å². The van der Waals surface area contributed by atoms with Gasteiger partial charge in [0.15, 0.2) is 0 Å². The van der Waals surface area contributed by atoms with Gasteiger partial charge in [-0.2, -0.15) is 13.2 Å². The molecule has 0 bridgehead atoms. The van der Waals surface area contributed by atoms with E-state index in [0.717, 1.165) is 11.1 Å². The summed E-state index contributed by atoms with van der Waals surface area (Å²) in [5.41, 5.74) is 2.47. The molecule has 0 radical (unpaired) electrons. The van der Waals surface area contributed by atoms with Gasteiger partial charge in [0.2, 0.25) is 0 Å². The summed E-state index contributed by atoms with van der Waals surface area (Å²) in [5, 5.41) is 0. The number of alkyl halides is 3. The third-order valence-electron chi connectivity index (χ3n) is 2.79. The maximum atomic E-state index is 12.4. The Kier molecular flexibility index (Phi) is 2.74. The first-order chi connectivity index (χ1) is 7.47. The lowest BCUT2D eigenvalue weighted by molar-refractivity contribution is -0.167. The van der Waals surface area contributed by atoms with E-state index in [2.05, 4.69) is 4.99 Å². The molecule has 0 amide bonds. The van der Waals surface area contributed by atoms with Gasteiger partial charge in [-0.25, -0.2) is 0 Å². The second-order valence-electron chi connectivity index (χ2n) is 4.10. The van der Waals surface area contributed by atoms with Crippen molar-refractivity contribution >= 4 is 5.71 Å². The van der Waals surface area contributed by atoms with Crippen molar-refractivity contribution in [2.75, 3.05) is 6.54 Å². The quantitative estimate of drug-likeness (QED) is 0.697. The first kappa shape index (κ1) is 11.2. The van der Waals surface area contributed by atoms with E-state index in [9.17, 15) is 13.2 Å². The van der Waals surface area contributed by atoms with Gasteiger partial charge < -0.3 is 0 Å². The van der Waals surface area contributed by atoms with E-state index in [0.29, 0.717) is 5.71 Å². The molecule has 0 fully saturated rings. The highest BCUT2D eigenvalue weighted by Gasteiger charge is 2.42. The summed E-state index contributed by atoms with van der Waals surface area (Å²) in [6.45, 7) is 1.81. The lowest BCUT2D eigenvalue weighted by atomic mass is 10.00. The highest BCUT2D eigenvalue weighted by molar-refractivity contribution is 6.01. The van der Waals surface area contributed by atoms with E-state index >= 15 is 0 Å². The van der Waals surface area contributed by atoms with Crippen molar-refractivity contribution in [2.45, 2.75) is 19.5 Å². The number of hydrogen-bond acceptors (Lipinski definition) is 1. The first-order valence-corrected chi connectivity index (χ1v) is 5.14. The van der Waals surface area contributed by atoms with E-state index in [4.69, 9.17) is 0 Å². The fourth-order valence-corrected chi connectivity index (χ4v) is 1.76. The molecule has 0 saturated heterocycles. The van der Waals surface area contributed by atoms with E-state index in [1.807, 2.05) is 31.2 Å². The minimum absolute atomic E-state index is 0.00651. The van der Waals surface area contributed by atoms with Crippen LogP contribution in [0.3, 0.4) is 0 Å². The summed E-state index contributed by atoms with van der Waals surface area (Å²) < 4.78 is 37.3. The summed E-state index contributed by atoms with van der Waals surface area (Å²) in [6, 6.07) is 7.43. The van der Waals surface area contributed by atoms with Crippen LogP contribution in [0.5, 0.6) is 0 Å². The minimum atomic E-state index is -4.13. The maximum Gasteiger partial charge on any atom is 0.393 e. The minimum Gasteiger partial charge on any atom is -0.288 e. The smallest absolute Gasteiger partial charge is 0.288 e. The van der Waals surface area contributed by atoms with Crippen molar-refractivity contribution in [3.8, 4) is 0 Å². The first-order valence-electron chi connectivity index (χ1n) is 5.14. The van der Waals surface area contributed by atoms with Gasteiger partial charge in [0, 0.05) is 12.1 Å². The molecule has 86 valence electrons. The SMILES string of the molecule is Cc1ccc(C2=NCC(C(F)(F)F)C2)cc1. The van der Waals surface area contributed by atoms with Crippen molar-refractivity contribution in [3.05, 3.63) is 35.4 Å². The van der Waals surface area contributed by atoms with Crippen LogP contribution in [0.4, 0.5) is 13.2 Å². The van der Waals surface area contributed by atoms with Crippen LogP contribution in [0.15, 0.2) is 29.3 Å². The molecule has 0 aliphatic carbocycles. The molecule has 1 aliphatic heterocycles. The van der Waals surface area contributed by atoms with Crippen LogP contribution in [-0.4, -0.2) is 18.4 Å². The summed E-state index contributed by atoms with van der Waals surface area (Å²) >= 11 is 0. The molecule has 1 nitrogen and oxygen atoms in total. The molecule has 1 heterocycles. The Labute approximate surface area is 92.0 Å². The van der Waals surface area contributed by atoms with Gasteiger partial charge in [-0.1, -0.05) is 29.8 Å². The van der Waals surface area contributed by atoms with Crippen molar-refractivity contribution < 1.29 is 13.2 Å². The van der Waals surface area contributed by atoms with Crippen molar-refractivity contribution in [3.63, 3.8) is 0 Å². The molecule has 1 aromatic rings. The number of nitrogens with zero attached hydrogens (tertiary/aromatic N) is 1. The fraction of sp³-hybridized carbons (Fsp3) is 0.417. The Bertz CT molecular complexity index is 403. The zero-order valence-corrected chi connectivity index (χ0v) is 8.88. The van der Waals surface area contributed by atoms with Crippen LogP contribution in [0, 0.1) is 12.8 Å². The molecule has 4 heteroatoms. The highest BCUT2D eigenvalue weighted by Crippen LogP contribution is 2.33. The van der Waals surface area contributed by atoms with Crippen LogP contribution in [0.2, 0.25) is 0 Å². The van der Waals surface area contributed by atoms with Crippen molar-refractivity contribution in [2.24, 2.45) is 10.9 Å². The topological polar surface area (TPSA) is 12.4 Å². The van der Waals surface area contributed by atoms with Gasteiger partial charge in [0.25, 0.3) is 0 Å².